The second-order valence-corrected chi connectivity index (χ2v) is 4.98. The van der Waals surface area contributed by atoms with Crippen molar-refractivity contribution in [2.45, 2.75) is 32.3 Å². The fraction of sp³-hybridized carbons (Fsp3) is 0.533. The number of aliphatic hydroxyl groups is 1. The molecule has 0 saturated heterocycles. The molecule has 4 heteroatoms. The van der Waals surface area contributed by atoms with Crippen LogP contribution >= 0.6 is 0 Å². The van der Waals surface area contributed by atoms with Gasteiger partial charge in [0.05, 0.1) is 18.2 Å². The first-order valence-corrected chi connectivity index (χ1v) is 6.87. The summed E-state index contributed by atoms with van der Waals surface area (Å²) in [4.78, 5) is 14.2. The van der Waals surface area contributed by atoms with Gasteiger partial charge in [-0.05, 0) is 38.3 Å². The predicted octanol–water partition coefficient (Wildman–Crippen LogP) is 2.07. The van der Waals surface area contributed by atoms with Gasteiger partial charge in [0.15, 0.2) is 0 Å². The van der Waals surface area contributed by atoms with Gasteiger partial charge in [0, 0.05) is 6.54 Å². The van der Waals surface area contributed by atoms with E-state index in [4.69, 9.17) is 4.74 Å². The van der Waals surface area contributed by atoms with Crippen LogP contribution in [0.1, 0.15) is 36.5 Å². The topological polar surface area (TPSA) is 49.8 Å². The number of hydrogen-bond acceptors (Lipinski definition) is 3. The van der Waals surface area contributed by atoms with E-state index in [-0.39, 0.29) is 12.0 Å². The molecule has 0 saturated carbocycles. The Balaban J connectivity index is 1.94. The molecule has 1 unspecified atom stereocenters. The summed E-state index contributed by atoms with van der Waals surface area (Å²) in [6.07, 6.45) is 2.38. The normalized spacial score (nSPS) is 16.5. The van der Waals surface area contributed by atoms with Crippen molar-refractivity contribution in [2.24, 2.45) is 0 Å². The molecule has 4 nitrogen and oxygen atoms in total. The minimum absolute atomic E-state index is 0.0464. The molecule has 1 aliphatic heterocycles. The number of unbranched alkanes of at least 4 members (excludes halogenated alkanes) is 1. The Morgan fingerprint density at radius 3 is 2.95 bits per heavy atom. The van der Waals surface area contributed by atoms with Gasteiger partial charge in [-0.3, -0.25) is 4.79 Å². The number of ether oxygens (including phenoxy) is 1. The largest absolute Gasteiger partial charge is 0.491 e. The molecular weight excluding hydrogens is 242 g/mol. The van der Waals surface area contributed by atoms with E-state index in [0.717, 1.165) is 25.8 Å². The van der Waals surface area contributed by atoms with Crippen LogP contribution in [0.25, 0.3) is 0 Å². The highest BCUT2D eigenvalue weighted by Gasteiger charge is 2.22. The lowest BCUT2D eigenvalue weighted by molar-refractivity contribution is 0.0750. The van der Waals surface area contributed by atoms with Crippen LogP contribution in [0.4, 0.5) is 0 Å². The molecule has 2 rings (SSSR count). The Kier molecular flexibility index (Phi) is 4.80. The zero-order chi connectivity index (χ0) is 13.7. The van der Waals surface area contributed by atoms with Gasteiger partial charge in [0.2, 0.25) is 0 Å². The molecule has 1 atom stereocenters. The number of hydrogen-bond donors (Lipinski definition) is 1. The minimum atomic E-state index is -0.260. The predicted molar refractivity (Wildman–Crippen MR) is 73.4 cm³/mol. The first-order valence-electron chi connectivity index (χ1n) is 6.87. The Hall–Kier alpha value is -1.55. The molecule has 104 valence electrons. The molecule has 1 aliphatic rings. The fourth-order valence-electron chi connectivity index (χ4n) is 2.26. The molecule has 1 aromatic carbocycles. The summed E-state index contributed by atoms with van der Waals surface area (Å²) >= 11 is 0. The minimum Gasteiger partial charge on any atom is -0.491 e. The molecular formula is C15H21NO3. The number of benzene rings is 1. The van der Waals surface area contributed by atoms with Gasteiger partial charge in [0.1, 0.15) is 12.4 Å². The second kappa shape index (κ2) is 6.57. The zero-order valence-corrected chi connectivity index (χ0v) is 11.3. The van der Waals surface area contributed by atoms with Gasteiger partial charge in [0.25, 0.3) is 5.91 Å². The van der Waals surface area contributed by atoms with Crippen molar-refractivity contribution in [3.8, 4) is 5.75 Å². The molecule has 0 spiro atoms. The summed E-state index contributed by atoms with van der Waals surface area (Å²) in [5, 5.41) is 9.22. The maximum absolute atomic E-state index is 12.4. The van der Waals surface area contributed by atoms with E-state index in [2.05, 4.69) is 0 Å². The number of fused-ring (bicyclic) bond motifs is 1. The van der Waals surface area contributed by atoms with Crippen LogP contribution in [0.15, 0.2) is 24.3 Å². The van der Waals surface area contributed by atoms with Crippen molar-refractivity contribution < 1.29 is 14.6 Å². The molecule has 0 bridgehead atoms. The Bertz CT molecular complexity index is 431. The molecule has 0 fully saturated rings. The lowest BCUT2D eigenvalue weighted by Gasteiger charge is -2.19. The number of amides is 1. The molecule has 19 heavy (non-hydrogen) atoms. The summed E-state index contributed by atoms with van der Waals surface area (Å²) < 4.78 is 5.59. The number of carbonyl (C=O) groups excluding carboxylic acids is 1. The Labute approximate surface area is 114 Å². The van der Waals surface area contributed by atoms with Gasteiger partial charge >= 0.3 is 0 Å². The van der Waals surface area contributed by atoms with Crippen molar-refractivity contribution in [3.05, 3.63) is 29.8 Å². The van der Waals surface area contributed by atoms with Gasteiger partial charge < -0.3 is 14.7 Å². The van der Waals surface area contributed by atoms with Crippen LogP contribution in [-0.2, 0) is 0 Å². The number of aliphatic hydroxyl groups excluding tert-OH is 1. The number of para-hydroxylation sites is 1. The quantitative estimate of drug-likeness (QED) is 0.827. The van der Waals surface area contributed by atoms with Crippen LogP contribution in [0.5, 0.6) is 5.75 Å². The van der Waals surface area contributed by atoms with Gasteiger partial charge in [-0.1, -0.05) is 12.1 Å². The maximum Gasteiger partial charge on any atom is 0.257 e. The third-order valence-electron chi connectivity index (χ3n) is 3.32. The Morgan fingerprint density at radius 1 is 1.37 bits per heavy atom. The van der Waals surface area contributed by atoms with Crippen molar-refractivity contribution in [3.63, 3.8) is 0 Å². The standard InChI is InChI=1S/C15H21NO3/c1-12(17)6-4-5-9-16-10-11-19-14-8-3-2-7-13(14)15(16)18/h2-3,7-8,12,17H,4-6,9-11H2,1H3. The summed E-state index contributed by atoms with van der Waals surface area (Å²) in [5.74, 6) is 0.726. The molecule has 1 heterocycles. The zero-order valence-electron chi connectivity index (χ0n) is 11.3. The molecule has 1 N–H and O–H groups in total. The fourth-order valence-corrected chi connectivity index (χ4v) is 2.26. The molecule has 0 radical (unpaired) electrons. The summed E-state index contributed by atoms with van der Waals surface area (Å²) in [7, 11) is 0. The lowest BCUT2D eigenvalue weighted by Crippen LogP contribution is -2.33. The van der Waals surface area contributed by atoms with E-state index in [0.29, 0.717) is 24.5 Å². The molecule has 1 amide bonds. The van der Waals surface area contributed by atoms with Crippen molar-refractivity contribution >= 4 is 5.91 Å². The van der Waals surface area contributed by atoms with Crippen LogP contribution in [0.2, 0.25) is 0 Å². The molecule has 0 aliphatic carbocycles. The van der Waals surface area contributed by atoms with E-state index in [1.165, 1.54) is 0 Å². The van der Waals surface area contributed by atoms with E-state index in [1.807, 2.05) is 29.2 Å². The van der Waals surface area contributed by atoms with Gasteiger partial charge in [-0.2, -0.15) is 0 Å². The van der Waals surface area contributed by atoms with Gasteiger partial charge in [-0.15, -0.1) is 0 Å². The van der Waals surface area contributed by atoms with E-state index in [9.17, 15) is 9.90 Å². The van der Waals surface area contributed by atoms with E-state index >= 15 is 0 Å². The SMILES string of the molecule is CC(O)CCCCN1CCOc2ccccc2C1=O. The number of nitrogens with zero attached hydrogens (tertiary/aromatic N) is 1. The Morgan fingerprint density at radius 2 is 2.16 bits per heavy atom. The number of rotatable bonds is 5. The van der Waals surface area contributed by atoms with E-state index < -0.39 is 0 Å². The summed E-state index contributed by atoms with van der Waals surface area (Å²) in [5.41, 5.74) is 0.649. The molecule has 0 aromatic heterocycles. The lowest BCUT2D eigenvalue weighted by atomic mass is 10.1. The van der Waals surface area contributed by atoms with Crippen molar-refractivity contribution in [1.82, 2.24) is 4.90 Å². The summed E-state index contributed by atoms with van der Waals surface area (Å²) in [6.45, 7) is 3.69. The first kappa shape index (κ1) is 13.9. The monoisotopic (exact) mass is 263 g/mol. The maximum atomic E-state index is 12.4. The van der Waals surface area contributed by atoms with Crippen LogP contribution in [0, 0.1) is 0 Å². The van der Waals surface area contributed by atoms with Gasteiger partial charge in [-0.25, -0.2) is 0 Å². The third-order valence-corrected chi connectivity index (χ3v) is 3.32. The summed E-state index contributed by atoms with van der Waals surface area (Å²) in [6, 6.07) is 7.39. The average Bonchev–Trinajstić information content (AvgIpc) is 2.55. The van der Waals surface area contributed by atoms with Crippen LogP contribution in [0.3, 0.4) is 0 Å². The average molecular weight is 263 g/mol. The smallest absolute Gasteiger partial charge is 0.257 e. The van der Waals surface area contributed by atoms with Crippen molar-refractivity contribution in [1.29, 1.82) is 0 Å². The van der Waals surface area contributed by atoms with Crippen molar-refractivity contribution in [2.75, 3.05) is 19.7 Å². The highest BCUT2D eigenvalue weighted by atomic mass is 16.5. The second-order valence-electron chi connectivity index (χ2n) is 4.98. The van der Waals surface area contributed by atoms with Crippen LogP contribution < -0.4 is 4.74 Å². The highest BCUT2D eigenvalue weighted by Crippen LogP contribution is 2.22. The highest BCUT2D eigenvalue weighted by molar-refractivity contribution is 5.97. The van der Waals surface area contributed by atoms with Crippen LogP contribution in [-0.4, -0.2) is 41.7 Å². The van der Waals surface area contributed by atoms with E-state index in [1.54, 1.807) is 6.92 Å². The number of carbonyl (C=O) groups is 1. The third kappa shape index (κ3) is 3.70. The molecule has 1 aromatic rings. The first-order chi connectivity index (χ1) is 9.18.